The first kappa shape index (κ1) is 11.5. The smallest absolute Gasteiger partial charge is 0.339 e. The van der Waals surface area contributed by atoms with Gasteiger partial charge in [0.15, 0.2) is 0 Å². The van der Waals surface area contributed by atoms with Gasteiger partial charge in [0.25, 0.3) is 0 Å². The summed E-state index contributed by atoms with van der Waals surface area (Å²) in [6, 6.07) is 5.34. The van der Waals surface area contributed by atoms with Crippen LogP contribution in [0.5, 0.6) is 0 Å². The molecule has 0 aromatic carbocycles. The Bertz CT molecular complexity index is 511. The molecule has 2 heterocycles. The lowest BCUT2D eigenvalue weighted by atomic mass is 10.3. The van der Waals surface area contributed by atoms with Gasteiger partial charge in [-0.2, -0.15) is 0 Å². The molecule has 0 saturated carbocycles. The summed E-state index contributed by atoms with van der Waals surface area (Å²) >= 11 is 9.41. The fraction of sp³-hybridized carbons (Fsp3) is 0.182. The first-order valence-electron chi connectivity index (χ1n) is 4.76. The number of fused-ring (bicyclic) bond motifs is 1. The maximum Gasteiger partial charge on any atom is 0.339 e. The lowest BCUT2D eigenvalue weighted by Gasteiger charge is -1.99. The van der Waals surface area contributed by atoms with E-state index in [1.807, 2.05) is 6.07 Å². The summed E-state index contributed by atoms with van der Waals surface area (Å²) in [7, 11) is 0. The number of carbonyl (C=O) groups excluding carboxylic acids is 1. The van der Waals surface area contributed by atoms with Crippen LogP contribution in [-0.4, -0.2) is 17.0 Å². The summed E-state index contributed by atoms with van der Waals surface area (Å²) in [6.07, 6.45) is 1.67. The van der Waals surface area contributed by atoms with Gasteiger partial charge in [0.2, 0.25) is 0 Å². The number of aromatic nitrogens is 1. The van der Waals surface area contributed by atoms with E-state index >= 15 is 0 Å². The molecule has 0 bridgehead atoms. The molecule has 2 aromatic heterocycles. The van der Waals surface area contributed by atoms with Crippen LogP contribution in [0.4, 0.5) is 0 Å². The first-order chi connectivity index (χ1) is 7.63. The summed E-state index contributed by atoms with van der Waals surface area (Å²) in [4.78, 5) is 11.5. The molecule has 0 amide bonds. The second-order valence-electron chi connectivity index (χ2n) is 3.21. The highest BCUT2D eigenvalue weighted by molar-refractivity contribution is 9.10. The Labute approximate surface area is 106 Å². The lowest BCUT2D eigenvalue weighted by Crippen LogP contribution is -2.02. The molecule has 0 aliphatic rings. The molecule has 16 heavy (non-hydrogen) atoms. The predicted octanol–water partition coefficient (Wildman–Crippen LogP) is 3.53. The van der Waals surface area contributed by atoms with Gasteiger partial charge < -0.3 is 9.14 Å². The maximum atomic E-state index is 11.5. The highest BCUT2D eigenvalue weighted by Gasteiger charge is 2.12. The SMILES string of the molecule is CCOC(=O)c1cc2c(Br)ccc(Cl)n2c1. The van der Waals surface area contributed by atoms with E-state index in [9.17, 15) is 4.79 Å². The quantitative estimate of drug-likeness (QED) is 0.627. The number of hydrogen-bond donors (Lipinski definition) is 0. The summed E-state index contributed by atoms with van der Waals surface area (Å²) in [5.74, 6) is -0.339. The number of nitrogens with zero attached hydrogens (tertiary/aromatic N) is 1. The molecule has 5 heteroatoms. The van der Waals surface area contributed by atoms with Crippen molar-refractivity contribution in [2.45, 2.75) is 6.92 Å². The van der Waals surface area contributed by atoms with Crippen LogP contribution in [0, 0.1) is 0 Å². The van der Waals surface area contributed by atoms with Gasteiger partial charge in [-0.05, 0) is 41.1 Å². The minimum atomic E-state index is -0.339. The molecule has 0 unspecified atom stereocenters. The van der Waals surface area contributed by atoms with Crippen molar-refractivity contribution in [1.82, 2.24) is 4.40 Å². The van der Waals surface area contributed by atoms with Crippen molar-refractivity contribution in [1.29, 1.82) is 0 Å². The molecule has 2 aromatic rings. The molecule has 84 valence electrons. The van der Waals surface area contributed by atoms with Crippen LogP contribution in [0.3, 0.4) is 0 Å². The minimum absolute atomic E-state index is 0.339. The zero-order valence-corrected chi connectivity index (χ0v) is 10.9. The van der Waals surface area contributed by atoms with Crippen molar-refractivity contribution < 1.29 is 9.53 Å². The largest absolute Gasteiger partial charge is 0.462 e. The number of ether oxygens (including phenoxy) is 1. The van der Waals surface area contributed by atoms with Crippen molar-refractivity contribution in [2.24, 2.45) is 0 Å². The third-order valence-electron chi connectivity index (χ3n) is 2.17. The number of rotatable bonds is 2. The second kappa shape index (κ2) is 4.47. The average molecular weight is 303 g/mol. The fourth-order valence-electron chi connectivity index (χ4n) is 1.46. The topological polar surface area (TPSA) is 30.7 Å². The highest BCUT2D eigenvalue weighted by Crippen LogP contribution is 2.25. The first-order valence-corrected chi connectivity index (χ1v) is 5.94. The van der Waals surface area contributed by atoms with Crippen molar-refractivity contribution in [2.75, 3.05) is 6.61 Å². The van der Waals surface area contributed by atoms with Crippen LogP contribution in [0.15, 0.2) is 28.9 Å². The second-order valence-corrected chi connectivity index (χ2v) is 4.45. The maximum absolute atomic E-state index is 11.5. The van der Waals surface area contributed by atoms with E-state index in [-0.39, 0.29) is 5.97 Å². The molecule has 2 rings (SSSR count). The Morgan fingerprint density at radius 3 is 2.94 bits per heavy atom. The highest BCUT2D eigenvalue weighted by atomic mass is 79.9. The Hall–Kier alpha value is -1.00. The van der Waals surface area contributed by atoms with Gasteiger partial charge in [0.1, 0.15) is 5.15 Å². The summed E-state index contributed by atoms with van der Waals surface area (Å²) in [5.41, 5.74) is 1.34. The zero-order chi connectivity index (χ0) is 11.7. The van der Waals surface area contributed by atoms with E-state index in [0.717, 1.165) is 9.99 Å². The molecule has 0 N–H and O–H groups in total. The number of pyridine rings is 1. The molecule has 0 aliphatic heterocycles. The fourth-order valence-corrected chi connectivity index (χ4v) is 2.10. The van der Waals surface area contributed by atoms with E-state index in [4.69, 9.17) is 16.3 Å². The van der Waals surface area contributed by atoms with E-state index in [1.54, 1.807) is 29.7 Å². The van der Waals surface area contributed by atoms with Crippen LogP contribution < -0.4 is 0 Å². The average Bonchev–Trinajstić information content (AvgIpc) is 2.70. The summed E-state index contributed by atoms with van der Waals surface area (Å²) in [5, 5.41) is 0.550. The molecule has 0 fully saturated rings. The van der Waals surface area contributed by atoms with Crippen LogP contribution in [-0.2, 0) is 4.74 Å². The van der Waals surface area contributed by atoms with E-state index in [2.05, 4.69) is 15.9 Å². The molecule has 3 nitrogen and oxygen atoms in total. The predicted molar refractivity (Wildman–Crippen MR) is 66.1 cm³/mol. The number of carbonyl (C=O) groups is 1. The molecule has 0 saturated heterocycles. The van der Waals surface area contributed by atoms with Gasteiger partial charge in [-0.15, -0.1) is 0 Å². The van der Waals surface area contributed by atoms with E-state index in [0.29, 0.717) is 17.3 Å². The third-order valence-corrected chi connectivity index (χ3v) is 3.15. The van der Waals surface area contributed by atoms with Crippen LogP contribution in [0.1, 0.15) is 17.3 Å². The standard InChI is InChI=1S/C11H9BrClNO2/c1-2-16-11(15)7-5-9-8(12)3-4-10(13)14(9)6-7/h3-6H,2H2,1H3. The van der Waals surface area contributed by atoms with Gasteiger partial charge in [0, 0.05) is 10.7 Å². The summed E-state index contributed by atoms with van der Waals surface area (Å²) in [6.45, 7) is 2.14. The van der Waals surface area contributed by atoms with Crippen LogP contribution >= 0.6 is 27.5 Å². The van der Waals surface area contributed by atoms with Crippen molar-refractivity contribution >= 4 is 39.0 Å². The van der Waals surface area contributed by atoms with Crippen LogP contribution in [0.25, 0.3) is 5.52 Å². The minimum Gasteiger partial charge on any atom is -0.462 e. The van der Waals surface area contributed by atoms with Crippen molar-refractivity contribution in [3.8, 4) is 0 Å². The molecule has 0 aliphatic carbocycles. The monoisotopic (exact) mass is 301 g/mol. The number of halogens is 2. The van der Waals surface area contributed by atoms with Gasteiger partial charge in [-0.3, -0.25) is 0 Å². The molecular weight excluding hydrogens is 293 g/mol. The Morgan fingerprint density at radius 1 is 1.56 bits per heavy atom. The van der Waals surface area contributed by atoms with Crippen molar-refractivity contribution in [3.63, 3.8) is 0 Å². The number of esters is 1. The molecule has 0 spiro atoms. The van der Waals surface area contributed by atoms with Gasteiger partial charge in [-0.25, -0.2) is 4.79 Å². The molecule has 0 atom stereocenters. The number of hydrogen-bond acceptors (Lipinski definition) is 2. The Balaban J connectivity index is 2.55. The normalized spacial score (nSPS) is 10.7. The van der Waals surface area contributed by atoms with Gasteiger partial charge >= 0.3 is 5.97 Å². The summed E-state index contributed by atoms with van der Waals surface area (Å²) < 4.78 is 7.54. The third kappa shape index (κ3) is 1.95. The lowest BCUT2D eigenvalue weighted by molar-refractivity contribution is 0.0526. The molecular formula is C11H9BrClNO2. The Morgan fingerprint density at radius 2 is 2.31 bits per heavy atom. The molecule has 0 radical (unpaired) electrons. The van der Waals surface area contributed by atoms with Crippen molar-refractivity contribution in [3.05, 3.63) is 39.6 Å². The van der Waals surface area contributed by atoms with Gasteiger partial charge in [-0.1, -0.05) is 11.6 Å². The van der Waals surface area contributed by atoms with E-state index in [1.165, 1.54) is 0 Å². The van der Waals surface area contributed by atoms with Gasteiger partial charge in [0.05, 0.1) is 17.7 Å². The zero-order valence-electron chi connectivity index (χ0n) is 8.54. The Kier molecular flexibility index (Phi) is 3.21. The van der Waals surface area contributed by atoms with E-state index < -0.39 is 0 Å². The van der Waals surface area contributed by atoms with Crippen LogP contribution in [0.2, 0.25) is 5.15 Å².